The molecule has 1 fully saturated rings. The lowest BCUT2D eigenvalue weighted by Gasteiger charge is -2.10. The van der Waals surface area contributed by atoms with E-state index < -0.39 is 0 Å². The Morgan fingerprint density at radius 3 is 3.00 bits per heavy atom. The van der Waals surface area contributed by atoms with Crippen molar-refractivity contribution in [1.29, 1.82) is 0 Å². The molecule has 1 aromatic heterocycles. The first-order valence-electron chi connectivity index (χ1n) is 5.61. The number of nitrogens with one attached hydrogen (secondary N) is 1. The quantitative estimate of drug-likeness (QED) is 0.882. The molecule has 1 amide bonds. The molecule has 88 valence electrons. The molecule has 0 spiro atoms. The van der Waals surface area contributed by atoms with E-state index in [1.165, 1.54) is 0 Å². The van der Waals surface area contributed by atoms with Crippen LogP contribution in [0, 0.1) is 0 Å². The number of hydrogen-bond acceptors (Lipinski definition) is 4. The lowest BCUT2D eigenvalue weighted by molar-refractivity contribution is -0.127. The van der Waals surface area contributed by atoms with Crippen LogP contribution < -0.4 is 5.32 Å². The van der Waals surface area contributed by atoms with E-state index >= 15 is 0 Å². The summed E-state index contributed by atoms with van der Waals surface area (Å²) in [6.45, 7) is 0.821. The van der Waals surface area contributed by atoms with Crippen LogP contribution in [0.4, 0.5) is 5.13 Å². The number of aromatic nitrogens is 1. The third kappa shape index (κ3) is 1.86. The number of benzene rings is 1. The molecule has 4 nitrogen and oxygen atoms in total. The van der Waals surface area contributed by atoms with E-state index in [9.17, 15) is 4.79 Å². The summed E-state index contributed by atoms with van der Waals surface area (Å²) in [5.41, 5.74) is 0.985. The van der Waals surface area contributed by atoms with Crippen molar-refractivity contribution < 1.29 is 4.79 Å². The van der Waals surface area contributed by atoms with Gasteiger partial charge in [0.1, 0.15) is 6.04 Å². The molecule has 0 bridgehead atoms. The van der Waals surface area contributed by atoms with Gasteiger partial charge in [0.2, 0.25) is 5.91 Å². The lowest BCUT2D eigenvalue weighted by atomic mass is 10.2. The fraction of sp³-hybridized carbons (Fsp3) is 0.333. The first kappa shape index (κ1) is 10.5. The molecule has 0 radical (unpaired) electrons. The molecule has 1 aliphatic rings. The smallest absolute Gasteiger partial charge is 0.244 e. The van der Waals surface area contributed by atoms with Crippen molar-refractivity contribution in [2.75, 3.05) is 18.9 Å². The SMILES string of the molecule is CN1CCC(Nc2nc3ccccc3s2)C1=O. The number of rotatable bonds is 2. The van der Waals surface area contributed by atoms with E-state index in [-0.39, 0.29) is 11.9 Å². The van der Waals surface area contributed by atoms with Gasteiger partial charge in [0.25, 0.3) is 0 Å². The second kappa shape index (κ2) is 4.00. The predicted molar refractivity (Wildman–Crippen MR) is 69.3 cm³/mol. The molecule has 3 rings (SSSR count). The van der Waals surface area contributed by atoms with Crippen LogP contribution in [0.3, 0.4) is 0 Å². The van der Waals surface area contributed by atoms with Gasteiger partial charge in [-0.15, -0.1) is 0 Å². The minimum absolute atomic E-state index is 0.111. The minimum Gasteiger partial charge on any atom is -0.350 e. The number of carbonyl (C=O) groups is 1. The number of nitrogens with zero attached hydrogens (tertiary/aromatic N) is 2. The minimum atomic E-state index is -0.111. The maximum Gasteiger partial charge on any atom is 0.244 e. The van der Waals surface area contributed by atoms with Gasteiger partial charge in [-0.2, -0.15) is 0 Å². The molecule has 2 aromatic rings. The number of likely N-dealkylation sites (N-methyl/N-ethyl adjacent to an activating group) is 1. The highest BCUT2D eigenvalue weighted by Gasteiger charge is 2.29. The molecule has 1 aromatic carbocycles. The number of fused-ring (bicyclic) bond motifs is 1. The second-order valence-electron chi connectivity index (χ2n) is 4.23. The van der Waals surface area contributed by atoms with Crippen molar-refractivity contribution >= 4 is 32.6 Å². The lowest BCUT2D eigenvalue weighted by Crippen LogP contribution is -2.30. The Labute approximate surface area is 103 Å². The van der Waals surface area contributed by atoms with Crippen molar-refractivity contribution in [3.63, 3.8) is 0 Å². The number of likely N-dealkylation sites (tertiary alicyclic amines) is 1. The molecule has 1 unspecified atom stereocenters. The van der Waals surface area contributed by atoms with Crippen LogP contribution in [0.25, 0.3) is 10.2 Å². The number of anilines is 1. The first-order chi connectivity index (χ1) is 8.24. The summed E-state index contributed by atoms with van der Waals surface area (Å²) in [6.07, 6.45) is 0.852. The Bertz CT molecular complexity index is 533. The zero-order valence-corrected chi connectivity index (χ0v) is 10.3. The van der Waals surface area contributed by atoms with Crippen LogP contribution in [0.1, 0.15) is 6.42 Å². The Balaban J connectivity index is 1.83. The third-order valence-corrected chi connectivity index (χ3v) is 3.99. The predicted octanol–water partition coefficient (Wildman–Crippen LogP) is 1.94. The van der Waals surface area contributed by atoms with Crippen molar-refractivity contribution in [1.82, 2.24) is 9.88 Å². The fourth-order valence-electron chi connectivity index (χ4n) is 2.04. The van der Waals surface area contributed by atoms with Gasteiger partial charge in [-0.05, 0) is 18.6 Å². The Hall–Kier alpha value is -1.62. The normalized spacial score (nSPS) is 20.2. The molecule has 1 atom stereocenters. The van der Waals surface area contributed by atoms with E-state index in [2.05, 4.69) is 10.3 Å². The Kier molecular flexibility index (Phi) is 2.48. The van der Waals surface area contributed by atoms with E-state index in [1.54, 1.807) is 16.2 Å². The molecule has 1 saturated heterocycles. The summed E-state index contributed by atoms with van der Waals surface area (Å²) in [6, 6.07) is 7.89. The van der Waals surface area contributed by atoms with Crippen LogP contribution in [0.2, 0.25) is 0 Å². The van der Waals surface area contributed by atoms with E-state index in [4.69, 9.17) is 0 Å². The highest BCUT2D eigenvalue weighted by molar-refractivity contribution is 7.22. The summed E-state index contributed by atoms with van der Waals surface area (Å²) in [5.74, 6) is 0.157. The van der Waals surface area contributed by atoms with Gasteiger partial charge in [-0.25, -0.2) is 4.98 Å². The highest BCUT2D eigenvalue weighted by atomic mass is 32.1. The summed E-state index contributed by atoms with van der Waals surface area (Å²) >= 11 is 1.59. The molecular weight excluding hydrogens is 234 g/mol. The zero-order chi connectivity index (χ0) is 11.8. The molecule has 17 heavy (non-hydrogen) atoms. The Morgan fingerprint density at radius 2 is 2.29 bits per heavy atom. The van der Waals surface area contributed by atoms with Crippen LogP contribution in [0.5, 0.6) is 0 Å². The summed E-state index contributed by atoms with van der Waals surface area (Å²) in [5, 5.41) is 4.06. The van der Waals surface area contributed by atoms with Gasteiger partial charge >= 0.3 is 0 Å². The number of thiazole rings is 1. The van der Waals surface area contributed by atoms with Gasteiger partial charge < -0.3 is 10.2 Å². The summed E-state index contributed by atoms with van der Waals surface area (Å²) in [7, 11) is 1.84. The topological polar surface area (TPSA) is 45.2 Å². The third-order valence-electron chi connectivity index (χ3n) is 3.02. The van der Waals surface area contributed by atoms with Gasteiger partial charge in [0, 0.05) is 13.6 Å². The fourth-order valence-corrected chi connectivity index (χ4v) is 2.96. The van der Waals surface area contributed by atoms with E-state index in [1.807, 2.05) is 31.3 Å². The largest absolute Gasteiger partial charge is 0.350 e. The molecule has 1 N–H and O–H groups in total. The number of para-hydroxylation sites is 1. The Morgan fingerprint density at radius 1 is 1.47 bits per heavy atom. The maximum absolute atomic E-state index is 11.8. The van der Waals surface area contributed by atoms with Crippen LogP contribution in [0.15, 0.2) is 24.3 Å². The van der Waals surface area contributed by atoms with Gasteiger partial charge in [0.05, 0.1) is 10.2 Å². The highest BCUT2D eigenvalue weighted by Crippen LogP contribution is 2.27. The molecule has 5 heteroatoms. The van der Waals surface area contributed by atoms with Gasteiger partial charge in [0.15, 0.2) is 5.13 Å². The van der Waals surface area contributed by atoms with E-state index in [0.717, 1.165) is 28.3 Å². The van der Waals surface area contributed by atoms with Gasteiger partial charge in [-0.3, -0.25) is 4.79 Å². The summed E-state index contributed by atoms with van der Waals surface area (Å²) in [4.78, 5) is 18.0. The molecule has 0 saturated carbocycles. The average Bonchev–Trinajstić information content (AvgIpc) is 2.87. The van der Waals surface area contributed by atoms with Crippen molar-refractivity contribution in [3.8, 4) is 0 Å². The van der Waals surface area contributed by atoms with Crippen LogP contribution in [-0.4, -0.2) is 35.4 Å². The summed E-state index contributed by atoms with van der Waals surface area (Å²) < 4.78 is 1.15. The van der Waals surface area contributed by atoms with Crippen molar-refractivity contribution in [2.24, 2.45) is 0 Å². The maximum atomic E-state index is 11.8. The second-order valence-corrected chi connectivity index (χ2v) is 5.26. The number of carbonyl (C=O) groups excluding carboxylic acids is 1. The van der Waals surface area contributed by atoms with Crippen molar-refractivity contribution in [2.45, 2.75) is 12.5 Å². The van der Waals surface area contributed by atoms with Crippen molar-refractivity contribution in [3.05, 3.63) is 24.3 Å². The number of hydrogen-bond donors (Lipinski definition) is 1. The number of amides is 1. The zero-order valence-electron chi connectivity index (χ0n) is 9.51. The molecule has 2 heterocycles. The first-order valence-corrected chi connectivity index (χ1v) is 6.43. The van der Waals surface area contributed by atoms with Crippen LogP contribution in [-0.2, 0) is 4.79 Å². The van der Waals surface area contributed by atoms with Gasteiger partial charge in [-0.1, -0.05) is 23.5 Å². The molecule has 1 aliphatic heterocycles. The molecular formula is C12H13N3OS. The average molecular weight is 247 g/mol. The van der Waals surface area contributed by atoms with Crippen LogP contribution >= 0.6 is 11.3 Å². The standard InChI is InChI=1S/C12H13N3OS/c1-15-7-6-9(11(15)16)14-12-13-8-4-2-3-5-10(8)17-12/h2-5,9H,6-7H2,1H3,(H,13,14). The van der Waals surface area contributed by atoms with E-state index in [0.29, 0.717) is 0 Å². The monoisotopic (exact) mass is 247 g/mol. The molecule has 0 aliphatic carbocycles.